The van der Waals surface area contributed by atoms with E-state index in [1.807, 2.05) is 18.5 Å². The summed E-state index contributed by atoms with van der Waals surface area (Å²) in [6.07, 6.45) is 1.57. The summed E-state index contributed by atoms with van der Waals surface area (Å²) < 4.78 is 1.87. The van der Waals surface area contributed by atoms with Gasteiger partial charge < -0.3 is 5.11 Å². The molecule has 0 amide bonds. The molecule has 1 aromatic heterocycles. The monoisotopic (exact) mass is 201 g/mol. The quantitative estimate of drug-likeness (QED) is 0.769. The van der Waals surface area contributed by atoms with Gasteiger partial charge in [0.05, 0.1) is 12.4 Å². The molecule has 13 heavy (non-hydrogen) atoms. The average Bonchev–Trinajstić information content (AvgIpc) is 2.61. The Hall–Kier alpha value is -0.550. The predicted molar refractivity (Wildman–Crippen MR) is 53.5 cm³/mol. The standard InChI is InChI=1S/C8H15N3OS/c1-3-11-8(9-6-10-11)5-13-7(2)4-12/h6-7,12H,3-5H2,1-2H3. The van der Waals surface area contributed by atoms with Crippen LogP contribution in [-0.4, -0.2) is 31.7 Å². The van der Waals surface area contributed by atoms with Crippen molar-refractivity contribution < 1.29 is 5.11 Å². The lowest BCUT2D eigenvalue weighted by Crippen LogP contribution is -2.06. The molecule has 0 aromatic carbocycles. The number of rotatable bonds is 5. The topological polar surface area (TPSA) is 50.9 Å². The van der Waals surface area contributed by atoms with Crippen LogP contribution >= 0.6 is 11.8 Å². The van der Waals surface area contributed by atoms with E-state index in [1.54, 1.807) is 18.1 Å². The molecule has 0 aliphatic heterocycles. The molecule has 4 nitrogen and oxygen atoms in total. The van der Waals surface area contributed by atoms with Gasteiger partial charge in [-0.2, -0.15) is 5.10 Å². The maximum atomic E-state index is 8.83. The van der Waals surface area contributed by atoms with Crippen molar-refractivity contribution in [2.75, 3.05) is 6.61 Å². The van der Waals surface area contributed by atoms with Crippen molar-refractivity contribution in [3.05, 3.63) is 12.2 Å². The number of aliphatic hydroxyl groups excluding tert-OH is 1. The van der Waals surface area contributed by atoms with Gasteiger partial charge in [0.15, 0.2) is 0 Å². The zero-order valence-electron chi connectivity index (χ0n) is 7.97. The highest BCUT2D eigenvalue weighted by molar-refractivity contribution is 7.99. The van der Waals surface area contributed by atoms with E-state index in [4.69, 9.17) is 5.11 Å². The first-order chi connectivity index (χ1) is 6.27. The van der Waals surface area contributed by atoms with Crippen molar-refractivity contribution in [2.24, 2.45) is 0 Å². The smallest absolute Gasteiger partial charge is 0.138 e. The van der Waals surface area contributed by atoms with E-state index in [2.05, 4.69) is 10.1 Å². The zero-order chi connectivity index (χ0) is 9.68. The molecule has 1 unspecified atom stereocenters. The van der Waals surface area contributed by atoms with E-state index in [1.165, 1.54) is 0 Å². The summed E-state index contributed by atoms with van der Waals surface area (Å²) in [5.74, 6) is 1.79. The molecule has 1 rings (SSSR count). The van der Waals surface area contributed by atoms with Gasteiger partial charge in [0, 0.05) is 11.8 Å². The molecule has 0 aliphatic carbocycles. The molecule has 0 bridgehead atoms. The Balaban J connectivity index is 2.44. The summed E-state index contributed by atoms with van der Waals surface area (Å²) in [4.78, 5) is 4.14. The maximum Gasteiger partial charge on any atom is 0.138 e. The van der Waals surface area contributed by atoms with Gasteiger partial charge in [0.2, 0.25) is 0 Å². The number of nitrogens with zero attached hydrogens (tertiary/aromatic N) is 3. The maximum absolute atomic E-state index is 8.83. The number of thioether (sulfide) groups is 1. The summed E-state index contributed by atoms with van der Waals surface area (Å²) >= 11 is 1.69. The minimum absolute atomic E-state index is 0.213. The Morgan fingerprint density at radius 2 is 2.46 bits per heavy atom. The lowest BCUT2D eigenvalue weighted by molar-refractivity contribution is 0.300. The van der Waals surface area contributed by atoms with Gasteiger partial charge in [0.25, 0.3) is 0 Å². The lowest BCUT2D eigenvalue weighted by atomic mass is 10.5. The van der Waals surface area contributed by atoms with Gasteiger partial charge in [-0.1, -0.05) is 6.92 Å². The summed E-state index contributed by atoms with van der Waals surface area (Å²) in [7, 11) is 0. The molecule has 1 N–H and O–H groups in total. The van der Waals surface area contributed by atoms with E-state index < -0.39 is 0 Å². The molecule has 1 atom stereocenters. The number of aromatic nitrogens is 3. The van der Waals surface area contributed by atoms with Crippen LogP contribution in [0.5, 0.6) is 0 Å². The van der Waals surface area contributed by atoms with E-state index in [9.17, 15) is 0 Å². The normalized spacial score (nSPS) is 13.2. The minimum Gasteiger partial charge on any atom is -0.395 e. The summed E-state index contributed by atoms with van der Waals surface area (Å²) in [5, 5.41) is 13.2. The molecule has 74 valence electrons. The van der Waals surface area contributed by atoms with Crippen LogP contribution in [0.4, 0.5) is 0 Å². The highest BCUT2D eigenvalue weighted by Gasteiger charge is 2.05. The molecule has 1 heterocycles. The van der Waals surface area contributed by atoms with Gasteiger partial charge >= 0.3 is 0 Å². The summed E-state index contributed by atoms with van der Waals surface area (Å²) in [6.45, 7) is 5.10. The van der Waals surface area contributed by atoms with Crippen molar-refractivity contribution in [3.63, 3.8) is 0 Å². The number of hydrogen-bond acceptors (Lipinski definition) is 4. The molecule has 0 aliphatic rings. The molecule has 0 saturated heterocycles. The van der Waals surface area contributed by atoms with E-state index in [0.717, 1.165) is 18.1 Å². The summed E-state index contributed by atoms with van der Waals surface area (Å²) in [6, 6.07) is 0. The van der Waals surface area contributed by atoms with Crippen LogP contribution in [0.2, 0.25) is 0 Å². The number of aliphatic hydroxyl groups is 1. The fourth-order valence-corrected chi connectivity index (χ4v) is 1.70. The second kappa shape index (κ2) is 5.24. The minimum atomic E-state index is 0.213. The van der Waals surface area contributed by atoms with Crippen molar-refractivity contribution in [3.8, 4) is 0 Å². The van der Waals surface area contributed by atoms with E-state index >= 15 is 0 Å². The highest BCUT2D eigenvalue weighted by atomic mass is 32.2. The number of aryl methyl sites for hydroxylation is 1. The lowest BCUT2D eigenvalue weighted by Gasteiger charge is -2.07. The van der Waals surface area contributed by atoms with Crippen LogP contribution in [0.25, 0.3) is 0 Å². The largest absolute Gasteiger partial charge is 0.395 e. The van der Waals surface area contributed by atoms with Crippen LogP contribution < -0.4 is 0 Å². The third-order valence-corrected chi connectivity index (χ3v) is 2.89. The third-order valence-electron chi connectivity index (χ3n) is 1.75. The van der Waals surface area contributed by atoms with Crippen LogP contribution in [0.3, 0.4) is 0 Å². The molecule has 0 radical (unpaired) electrons. The number of hydrogen-bond donors (Lipinski definition) is 1. The van der Waals surface area contributed by atoms with Crippen molar-refractivity contribution in [2.45, 2.75) is 31.4 Å². The average molecular weight is 201 g/mol. The Morgan fingerprint density at radius 3 is 3.08 bits per heavy atom. The fraction of sp³-hybridized carbons (Fsp3) is 0.750. The first kappa shape index (κ1) is 10.5. The van der Waals surface area contributed by atoms with Crippen LogP contribution in [0.1, 0.15) is 19.7 Å². The van der Waals surface area contributed by atoms with Crippen LogP contribution in [0.15, 0.2) is 6.33 Å². The molecule has 0 fully saturated rings. The second-order valence-corrected chi connectivity index (χ2v) is 4.22. The molecule has 1 aromatic rings. The van der Waals surface area contributed by atoms with Gasteiger partial charge in [-0.05, 0) is 6.92 Å². The highest BCUT2D eigenvalue weighted by Crippen LogP contribution is 2.15. The second-order valence-electron chi connectivity index (χ2n) is 2.80. The fourth-order valence-electron chi connectivity index (χ4n) is 0.934. The van der Waals surface area contributed by atoms with Crippen molar-refractivity contribution in [1.82, 2.24) is 14.8 Å². The predicted octanol–water partition coefficient (Wildman–Crippen LogP) is 0.912. The van der Waals surface area contributed by atoms with Gasteiger partial charge in [-0.25, -0.2) is 9.67 Å². The Bertz CT molecular complexity index is 251. The SMILES string of the molecule is CCn1ncnc1CSC(C)CO. The van der Waals surface area contributed by atoms with Gasteiger partial charge in [-0.3, -0.25) is 0 Å². The molecular weight excluding hydrogens is 186 g/mol. The van der Waals surface area contributed by atoms with Crippen LogP contribution in [0, 0.1) is 0 Å². The molecule has 0 spiro atoms. The third kappa shape index (κ3) is 3.00. The van der Waals surface area contributed by atoms with Crippen molar-refractivity contribution >= 4 is 11.8 Å². The van der Waals surface area contributed by atoms with E-state index in [0.29, 0.717) is 0 Å². The Kier molecular flexibility index (Phi) is 4.24. The van der Waals surface area contributed by atoms with Gasteiger partial charge in [-0.15, -0.1) is 11.8 Å². The Morgan fingerprint density at radius 1 is 1.69 bits per heavy atom. The van der Waals surface area contributed by atoms with E-state index in [-0.39, 0.29) is 11.9 Å². The van der Waals surface area contributed by atoms with Crippen molar-refractivity contribution in [1.29, 1.82) is 0 Å². The molecule has 5 heteroatoms. The zero-order valence-corrected chi connectivity index (χ0v) is 8.79. The first-order valence-corrected chi connectivity index (χ1v) is 5.42. The van der Waals surface area contributed by atoms with Gasteiger partial charge in [0.1, 0.15) is 12.2 Å². The molecule has 0 saturated carbocycles. The Labute approximate surface area is 82.4 Å². The summed E-state index contributed by atoms with van der Waals surface area (Å²) in [5.41, 5.74) is 0. The van der Waals surface area contributed by atoms with Crippen LogP contribution in [-0.2, 0) is 12.3 Å². The first-order valence-electron chi connectivity index (χ1n) is 4.37. The molecular formula is C8H15N3OS.